The third-order valence-electron chi connectivity index (χ3n) is 3.87. The van der Waals surface area contributed by atoms with Gasteiger partial charge >= 0.3 is 0 Å². The number of hydrogen-bond acceptors (Lipinski definition) is 3. The van der Waals surface area contributed by atoms with E-state index in [9.17, 15) is 10.2 Å². The Morgan fingerprint density at radius 1 is 1.17 bits per heavy atom. The molecule has 1 fully saturated rings. The molecule has 3 N–H and O–H groups in total. The SMILES string of the molecule is Cc1cc(CNCC2(O)CCCC2)cc(C)c1O. The van der Waals surface area contributed by atoms with Crippen LogP contribution in [0.3, 0.4) is 0 Å². The molecule has 0 radical (unpaired) electrons. The third-order valence-corrected chi connectivity index (χ3v) is 3.87. The Balaban J connectivity index is 1.90. The van der Waals surface area contributed by atoms with E-state index < -0.39 is 5.60 Å². The molecule has 1 aliphatic rings. The maximum Gasteiger partial charge on any atom is 0.121 e. The summed E-state index contributed by atoms with van der Waals surface area (Å²) in [5.74, 6) is 0.383. The highest BCUT2D eigenvalue weighted by Gasteiger charge is 2.30. The zero-order chi connectivity index (χ0) is 13.2. The first-order chi connectivity index (χ1) is 8.50. The van der Waals surface area contributed by atoms with Gasteiger partial charge in [-0.15, -0.1) is 0 Å². The van der Waals surface area contributed by atoms with Gasteiger partial charge in [-0.2, -0.15) is 0 Å². The number of benzene rings is 1. The molecule has 1 aromatic rings. The maximum atomic E-state index is 10.2. The van der Waals surface area contributed by atoms with Crippen molar-refractivity contribution in [1.29, 1.82) is 0 Å². The Kier molecular flexibility index (Phi) is 3.93. The molecule has 0 heterocycles. The van der Waals surface area contributed by atoms with Crippen LogP contribution in [0.15, 0.2) is 12.1 Å². The number of phenolic OH excluding ortho intramolecular Hbond substituents is 1. The van der Waals surface area contributed by atoms with Gasteiger partial charge in [-0.1, -0.05) is 25.0 Å². The Bertz CT molecular complexity index is 399. The normalized spacial score (nSPS) is 18.2. The zero-order valence-electron chi connectivity index (χ0n) is 11.3. The summed E-state index contributed by atoms with van der Waals surface area (Å²) in [7, 11) is 0. The topological polar surface area (TPSA) is 52.5 Å². The fourth-order valence-corrected chi connectivity index (χ4v) is 2.80. The highest BCUT2D eigenvalue weighted by atomic mass is 16.3. The van der Waals surface area contributed by atoms with Gasteiger partial charge in [-0.25, -0.2) is 0 Å². The van der Waals surface area contributed by atoms with E-state index in [4.69, 9.17) is 0 Å². The van der Waals surface area contributed by atoms with Gasteiger partial charge in [0.2, 0.25) is 0 Å². The van der Waals surface area contributed by atoms with Crippen LogP contribution in [-0.4, -0.2) is 22.4 Å². The van der Waals surface area contributed by atoms with Crippen LogP contribution < -0.4 is 5.32 Å². The Hall–Kier alpha value is -1.06. The van der Waals surface area contributed by atoms with E-state index in [-0.39, 0.29) is 0 Å². The summed E-state index contributed by atoms with van der Waals surface area (Å²) in [4.78, 5) is 0. The fraction of sp³-hybridized carbons (Fsp3) is 0.600. The first-order valence-electron chi connectivity index (χ1n) is 6.72. The third kappa shape index (κ3) is 3.03. The van der Waals surface area contributed by atoms with E-state index >= 15 is 0 Å². The molecule has 0 aromatic heterocycles. The van der Waals surface area contributed by atoms with E-state index in [1.54, 1.807) is 0 Å². The number of rotatable bonds is 4. The van der Waals surface area contributed by atoms with Crippen LogP contribution in [-0.2, 0) is 6.54 Å². The van der Waals surface area contributed by atoms with Gasteiger partial charge < -0.3 is 15.5 Å². The van der Waals surface area contributed by atoms with Crippen LogP contribution in [0.1, 0.15) is 42.4 Å². The molecule has 3 heteroatoms. The smallest absolute Gasteiger partial charge is 0.121 e. The summed E-state index contributed by atoms with van der Waals surface area (Å²) in [6.07, 6.45) is 4.09. The lowest BCUT2D eigenvalue weighted by atomic mass is 10.0. The van der Waals surface area contributed by atoms with E-state index in [0.717, 1.165) is 48.9 Å². The summed E-state index contributed by atoms with van der Waals surface area (Å²) in [6.45, 7) is 5.23. The van der Waals surface area contributed by atoms with Gasteiger partial charge in [0, 0.05) is 13.1 Å². The van der Waals surface area contributed by atoms with Crippen LogP contribution in [0, 0.1) is 13.8 Å². The van der Waals surface area contributed by atoms with Crippen LogP contribution in [0.5, 0.6) is 5.75 Å². The van der Waals surface area contributed by atoms with Gasteiger partial charge in [-0.05, 0) is 43.4 Å². The summed E-state index contributed by atoms with van der Waals surface area (Å²) < 4.78 is 0. The minimum atomic E-state index is -0.499. The van der Waals surface area contributed by atoms with Crippen molar-refractivity contribution in [2.45, 2.75) is 51.7 Å². The van der Waals surface area contributed by atoms with Crippen LogP contribution in [0.25, 0.3) is 0 Å². The first-order valence-corrected chi connectivity index (χ1v) is 6.72. The van der Waals surface area contributed by atoms with Crippen molar-refractivity contribution >= 4 is 0 Å². The van der Waals surface area contributed by atoms with Crippen LogP contribution in [0.2, 0.25) is 0 Å². The molecule has 100 valence electrons. The second-order valence-electron chi connectivity index (χ2n) is 5.61. The molecule has 0 spiro atoms. The molecular formula is C15H23NO2. The molecular weight excluding hydrogens is 226 g/mol. The molecule has 3 nitrogen and oxygen atoms in total. The van der Waals surface area contributed by atoms with Crippen molar-refractivity contribution < 1.29 is 10.2 Å². The highest BCUT2D eigenvalue weighted by Crippen LogP contribution is 2.28. The average molecular weight is 249 g/mol. The van der Waals surface area contributed by atoms with E-state index in [1.165, 1.54) is 0 Å². The molecule has 0 unspecified atom stereocenters. The predicted octanol–water partition coefficient (Wildman–Crippen LogP) is 2.40. The molecule has 0 aliphatic heterocycles. The Morgan fingerprint density at radius 2 is 1.72 bits per heavy atom. The van der Waals surface area contributed by atoms with Gasteiger partial charge in [-0.3, -0.25) is 0 Å². The van der Waals surface area contributed by atoms with E-state index in [2.05, 4.69) is 5.32 Å². The summed E-state index contributed by atoms with van der Waals surface area (Å²) >= 11 is 0. The summed E-state index contributed by atoms with van der Waals surface area (Å²) in [6, 6.07) is 3.99. The fourth-order valence-electron chi connectivity index (χ4n) is 2.80. The maximum absolute atomic E-state index is 10.2. The lowest BCUT2D eigenvalue weighted by Crippen LogP contribution is -2.37. The first kappa shape index (κ1) is 13.4. The predicted molar refractivity (Wildman–Crippen MR) is 72.7 cm³/mol. The van der Waals surface area contributed by atoms with Crippen LogP contribution in [0.4, 0.5) is 0 Å². The number of hydrogen-bond donors (Lipinski definition) is 3. The Labute approximate surface area is 109 Å². The van der Waals surface area contributed by atoms with Gasteiger partial charge in [0.05, 0.1) is 5.60 Å². The largest absolute Gasteiger partial charge is 0.507 e. The molecule has 1 aromatic carbocycles. The van der Waals surface area contributed by atoms with Crippen molar-refractivity contribution in [2.24, 2.45) is 0 Å². The van der Waals surface area contributed by atoms with Gasteiger partial charge in [0.1, 0.15) is 5.75 Å². The van der Waals surface area contributed by atoms with Crippen molar-refractivity contribution in [3.63, 3.8) is 0 Å². The van der Waals surface area contributed by atoms with Crippen molar-refractivity contribution in [1.82, 2.24) is 5.32 Å². The number of aliphatic hydroxyl groups is 1. The second kappa shape index (κ2) is 5.29. The molecule has 1 aliphatic carbocycles. The summed E-state index contributed by atoms with van der Waals surface area (Å²) in [5.41, 5.74) is 2.48. The molecule has 0 saturated heterocycles. The molecule has 2 rings (SSSR count). The zero-order valence-corrected chi connectivity index (χ0v) is 11.3. The summed E-state index contributed by atoms with van der Waals surface area (Å²) in [5, 5.41) is 23.3. The molecule has 0 amide bonds. The lowest BCUT2D eigenvalue weighted by Gasteiger charge is -2.22. The van der Waals surface area contributed by atoms with Crippen molar-refractivity contribution in [2.75, 3.05) is 6.54 Å². The quantitative estimate of drug-likeness (QED) is 0.768. The van der Waals surface area contributed by atoms with E-state index in [1.807, 2.05) is 26.0 Å². The monoisotopic (exact) mass is 249 g/mol. The van der Waals surface area contributed by atoms with E-state index in [0.29, 0.717) is 12.3 Å². The minimum absolute atomic E-state index is 0.383. The van der Waals surface area contributed by atoms with Gasteiger partial charge in [0.15, 0.2) is 0 Å². The highest BCUT2D eigenvalue weighted by molar-refractivity contribution is 5.42. The van der Waals surface area contributed by atoms with Crippen LogP contribution >= 0.6 is 0 Å². The van der Waals surface area contributed by atoms with Crippen molar-refractivity contribution in [3.8, 4) is 5.75 Å². The molecule has 0 bridgehead atoms. The molecule has 0 atom stereocenters. The molecule has 18 heavy (non-hydrogen) atoms. The second-order valence-corrected chi connectivity index (χ2v) is 5.61. The number of nitrogens with one attached hydrogen (secondary N) is 1. The Morgan fingerprint density at radius 3 is 2.28 bits per heavy atom. The number of aromatic hydroxyl groups is 1. The average Bonchev–Trinajstić information content (AvgIpc) is 2.73. The number of aryl methyl sites for hydroxylation is 2. The molecule has 1 saturated carbocycles. The van der Waals surface area contributed by atoms with Gasteiger partial charge in [0.25, 0.3) is 0 Å². The van der Waals surface area contributed by atoms with Crippen molar-refractivity contribution in [3.05, 3.63) is 28.8 Å². The number of phenols is 1. The standard InChI is InChI=1S/C15H23NO2/c1-11-7-13(8-12(2)14(11)17)9-16-10-15(18)5-3-4-6-15/h7-8,16-18H,3-6,9-10H2,1-2H3. The minimum Gasteiger partial charge on any atom is -0.507 e. The lowest BCUT2D eigenvalue weighted by molar-refractivity contribution is 0.0475.